The minimum absolute atomic E-state index is 0.00241. The van der Waals surface area contributed by atoms with Gasteiger partial charge in [-0.1, -0.05) is 61.2 Å². The van der Waals surface area contributed by atoms with Crippen LogP contribution in [0.2, 0.25) is 0 Å². The van der Waals surface area contributed by atoms with E-state index >= 15 is 0 Å². The SMILES string of the molecule is C=Cc1c(/C=C\C)nc2n1C(=O)C1(C)C=Cc3c4c(c5ccc6c(=O)n7c8ccccc8nc7c7ccc3c5c67)=CC=C2C41. The van der Waals surface area contributed by atoms with Crippen molar-refractivity contribution in [3.05, 3.63) is 117 Å². The molecule has 6 nitrogen and oxygen atoms in total. The zero-order valence-corrected chi connectivity index (χ0v) is 24.1. The molecule has 0 spiro atoms. The zero-order valence-electron chi connectivity index (χ0n) is 24.1. The second kappa shape index (κ2) is 7.66. The van der Waals surface area contributed by atoms with Crippen LogP contribution in [0.1, 0.15) is 52.9 Å². The van der Waals surface area contributed by atoms with E-state index in [2.05, 4.69) is 49.1 Å². The van der Waals surface area contributed by atoms with Gasteiger partial charge in [0.25, 0.3) is 5.56 Å². The Morgan fingerprint density at radius 1 is 0.932 bits per heavy atom. The van der Waals surface area contributed by atoms with Crippen molar-refractivity contribution in [2.24, 2.45) is 5.41 Å². The molecular weight excluding hydrogens is 544 g/mol. The van der Waals surface area contributed by atoms with Crippen LogP contribution in [-0.2, 0) is 0 Å². The predicted molar refractivity (Wildman–Crippen MR) is 178 cm³/mol. The lowest BCUT2D eigenvalue weighted by Crippen LogP contribution is -2.46. The molecule has 0 radical (unpaired) electrons. The second-order valence-electron chi connectivity index (χ2n) is 12.3. The third-order valence-electron chi connectivity index (χ3n) is 10.2. The van der Waals surface area contributed by atoms with Crippen LogP contribution in [0.4, 0.5) is 0 Å². The molecule has 6 heteroatoms. The Bertz CT molecular complexity index is 2750. The Labute approximate surface area is 250 Å². The summed E-state index contributed by atoms with van der Waals surface area (Å²) in [5, 5.41) is 6.90. The fraction of sp³-hybridized carbons (Fsp3) is 0.105. The first-order valence-corrected chi connectivity index (χ1v) is 14.9. The molecule has 10 rings (SSSR count). The van der Waals surface area contributed by atoms with Crippen LogP contribution in [0.25, 0.3) is 78.9 Å². The maximum Gasteiger partial charge on any atom is 0.264 e. The van der Waals surface area contributed by atoms with Crippen molar-refractivity contribution < 1.29 is 4.79 Å². The predicted octanol–water partition coefficient (Wildman–Crippen LogP) is 6.98. The number of aromatic nitrogens is 4. The molecule has 0 bridgehead atoms. The molecule has 2 aliphatic carbocycles. The Kier molecular flexibility index (Phi) is 4.16. The van der Waals surface area contributed by atoms with E-state index in [9.17, 15) is 9.59 Å². The molecule has 44 heavy (non-hydrogen) atoms. The van der Waals surface area contributed by atoms with Crippen LogP contribution in [-0.4, -0.2) is 24.8 Å². The van der Waals surface area contributed by atoms with Crippen molar-refractivity contribution in [2.75, 3.05) is 0 Å². The zero-order chi connectivity index (χ0) is 29.6. The Morgan fingerprint density at radius 2 is 1.70 bits per heavy atom. The van der Waals surface area contributed by atoms with Gasteiger partial charge >= 0.3 is 0 Å². The molecule has 2 unspecified atom stereocenters. The van der Waals surface area contributed by atoms with E-state index in [0.717, 1.165) is 71.3 Å². The highest BCUT2D eigenvalue weighted by Gasteiger charge is 2.52. The van der Waals surface area contributed by atoms with Gasteiger partial charge in [-0.25, -0.2) is 9.97 Å². The number of carbonyl (C=O) groups is 1. The van der Waals surface area contributed by atoms with Crippen LogP contribution in [0.3, 0.4) is 0 Å². The summed E-state index contributed by atoms with van der Waals surface area (Å²) >= 11 is 0. The second-order valence-corrected chi connectivity index (χ2v) is 12.3. The van der Waals surface area contributed by atoms with Crippen molar-refractivity contribution in [1.82, 2.24) is 18.9 Å². The van der Waals surface area contributed by atoms with E-state index < -0.39 is 5.41 Å². The van der Waals surface area contributed by atoms with Gasteiger partial charge in [-0.15, -0.1) is 0 Å². The summed E-state index contributed by atoms with van der Waals surface area (Å²) in [6.07, 6.45) is 14.1. The summed E-state index contributed by atoms with van der Waals surface area (Å²) in [6.45, 7) is 8.00. The van der Waals surface area contributed by atoms with Crippen molar-refractivity contribution in [3.8, 4) is 0 Å². The third kappa shape index (κ3) is 2.48. The lowest BCUT2D eigenvalue weighted by Gasteiger charge is -2.44. The molecule has 0 amide bonds. The van der Waals surface area contributed by atoms with Crippen LogP contribution in [0.5, 0.6) is 0 Å². The largest absolute Gasteiger partial charge is 0.273 e. The molecule has 1 aliphatic heterocycles. The first kappa shape index (κ1) is 23.9. The summed E-state index contributed by atoms with van der Waals surface area (Å²) in [6, 6.07) is 16.1. The van der Waals surface area contributed by atoms with Crippen LogP contribution in [0, 0.1) is 5.41 Å². The molecule has 3 aromatic heterocycles. The molecule has 4 heterocycles. The summed E-state index contributed by atoms with van der Waals surface area (Å²) in [7, 11) is 0. The van der Waals surface area contributed by atoms with Gasteiger partial charge in [-0.2, -0.15) is 0 Å². The quantitative estimate of drug-likeness (QED) is 0.211. The van der Waals surface area contributed by atoms with Gasteiger partial charge in [0.15, 0.2) is 0 Å². The standard InChI is InChI=1S/C38H24N4O2/c1-4-8-26-28(5-2)42-35(39-26)25-16-13-21-19-12-15-24-31-23(34-40-27-9-6-7-10-29(27)41(34)36(24)43)14-11-20(30(19)31)22-17-18-38(3,37(42)44)33(25)32(21)22/h4-18,33H,2H2,1,3H3/b8-4-. The summed E-state index contributed by atoms with van der Waals surface area (Å²) in [4.78, 5) is 38.3. The monoisotopic (exact) mass is 568 g/mol. The normalized spacial score (nSPS) is 20.3. The highest BCUT2D eigenvalue weighted by molar-refractivity contribution is 6.27. The molecule has 7 aromatic rings. The highest BCUT2D eigenvalue weighted by Crippen LogP contribution is 2.56. The van der Waals surface area contributed by atoms with Gasteiger partial charge in [0.2, 0.25) is 5.91 Å². The fourth-order valence-electron chi connectivity index (χ4n) is 8.31. The third-order valence-corrected chi connectivity index (χ3v) is 10.2. The van der Waals surface area contributed by atoms with Crippen molar-refractivity contribution >= 4 is 84.8 Å². The number of hydrogen-bond donors (Lipinski definition) is 0. The van der Waals surface area contributed by atoms with Gasteiger partial charge in [0.05, 0.1) is 27.8 Å². The first-order chi connectivity index (χ1) is 21.5. The Hall–Kier alpha value is -5.62. The molecule has 0 fully saturated rings. The molecule has 0 saturated heterocycles. The maximum atomic E-state index is 14.4. The molecule has 3 aliphatic rings. The minimum Gasteiger partial charge on any atom is -0.273 e. The summed E-state index contributed by atoms with van der Waals surface area (Å²) in [5.74, 6) is 0.484. The number of benzene rings is 4. The average Bonchev–Trinajstić information content (AvgIpc) is 3.61. The van der Waals surface area contributed by atoms with Crippen molar-refractivity contribution in [1.29, 1.82) is 0 Å². The molecule has 208 valence electrons. The first-order valence-electron chi connectivity index (χ1n) is 14.9. The van der Waals surface area contributed by atoms with E-state index in [0.29, 0.717) is 16.9 Å². The summed E-state index contributed by atoms with van der Waals surface area (Å²) < 4.78 is 3.50. The maximum absolute atomic E-state index is 14.4. The summed E-state index contributed by atoms with van der Waals surface area (Å²) in [5.41, 5.74) is 6.17. The van der Waals surface area contributed by atoms with Crippen LogP contribution < -0.4 is 10.8 Å². The molecule has 2 atom stereocenters. The van der Waals surface area contributed by atoms with Crippen LogP contribution in [0.15, 0.2) is 78.1 Å². The van der Waals surface area contributed by atoms with Crippen LogP contribution >= 0.6 is 0 Å². The number of nitrogens with zero attached hydrogens (tertiary/aromatic N) is 4. The Morgan fingerprint density at radius 3 is 2.55 bits per heavy atom. The number of hydrogen-bond acceptors (Lipinski definition) is 4. The highest BCUT2D eigenvalue weighted by atomic mass is 16.2. The minimum atomic E-state index is -0.800. The lowest BCUT2D eigenvalue weighted by molar-refractivity contribution is 0.0747. The smallest absolute Gasteiger partial charge is 0.264 e. The number of rotatable bonds is 2. The van der Waals surface area contributed by atoms with E-state index in [-0.39, 0.29) is 17.4 Å². The van der Waals surface area contributed by atoms with E-state index in [4.69, 9.17) is 9.97 Å². The van der Waals surface area contributed by atoms with Gasteiger partial charge in [0, 0.05) is 27.6 Å². The number of pyridine rings is 1. The lowest BCUT2D eigenvalue weighted by atomic mass is 9.61. The Balaban J connectivity index is 1.37. The molecule has 0 saturated carbocycles. The fourth-order valence-corrected chi connectivity index (χ4v) is 8.31. The van der Waals surface area contributed by atoms with E-state index in [1.165, 1.54) is 0 Å². The molecular formula is C38H24N4O2. The van der Waals surface area contributed by atoms with Gasteiger partial charge in [-0.3, -0.25) is 18.6 Å². The van der Waals surface area contributed by atoms with Crippen molar-refractivity contribution in [2.45, 2.75) is 19.8 Å². The van der Waals surface area contributed by atoms with Gasteiger partial charge < -0.3 is 0 Å². The van der Waals surface area contributed by atoms with E-state index in [1.54, 1.807) is 15.0 Å². The average molecular weight is 569 g/mol. The van der Waals surface area contributed by atoms with Gasteiger partial charge in [-0.05, 0) is 82.8 Å². The number of imidazole rings is 2. The number of allylic oxidation sites excluding steroid dienone is 4. The number of carbonyl (C=O) groups excluding carboxylic acids is 1. The number of fused-ring (bicyclic) bond motifs is 8. The number of para-hydroxylation sites is 2. The van der Waals surface area contributed by atoms with Crippen molar-refractivity contribution in [3.63, 3.8) is 0 Å². The van der Waals surface area contributed by atoms with Gasteiger partial charge in [0.1, 0.15) is 11.5 Å². The topological polar surface area (TPSA) is 69.3 Å². The molecule has 4 aromatic carbocycles. The molecule has 0 N–H and O–H groups in total. The van der Waals surface area contributed by atoms with E-state index in [1.807, 2.05) is 56.3 Å².